The standard InChI is InChI=1S/C22H25N3O4/c1-4-29-18-9-7-17(8-10-18)25-12-11-24(21(27)22(25)28)14-20(26)23-19-13-15(2)5-6-16(19)3/h5-10,13H,4,11-12,14H2,1-3H3,(H,23,26). The fraction of sp³-hybridized carbons (Fsp3) is 0.318. The first-order valence-corrected chi connectivity index (χ1v) is 9.59. The molecule has 3 rings (SSSR count). The number of rotatable bonds is 6. The second-order valence-electron chi connectivity index (χ2n) is 6.98. The molecule has 0 bridgehead atoms. The molecule has 1 N–H and O–H groups in total. The summed E-state index contributed by atoms with van der Waals surface area (Å²) in [7, 11) is 0. The lowest BCUT2D eigenvalue weighted by Gasteiger charge is -2.33. The van der Waals surface area contributed by atoms with Crippen molar-refractivity contribution in [2.45, 2.75) is 20.8 Å². The number of nitrogens with one attached hydrogen (secondary N) is 1. The maximum Gasteiger partial charge on any atom is 0.316 e. The molecule has 3 amide bonds. The lowest BCUT2D eigenvalue weighted by molar-refractivity contribution is -0.147. The van der Waals surface area contributed by atoms with Gasteiger partial charge in [0.15, 0.2) is 0 Å². The van der Waals surface area contributed by atoms with Crippen molar-refractivity contribution in [1.82, 2.24) is 4.90 Å². The second-order valence-corrected chi connectivity index (χ2v) is 6.98. The van der Waals surface area contributed by atoms with Gasteiger partial charge in [-0.25, -0.2) is 0 Å². The number of carbonyl (C=O) groups is 3. The number of aryl methyl sites for hydroxylation is 2. The van der Waals surface area contributed by atoms with Crippen molar-refractivity contribution in [3.05, 3.63) is 53.6 Å². The van der Waals surface area contributed by atoms with Crippen molar-refractivity contribution >= 4 is 29.1 Å². The Labute approximate surface area is 170 Å². The van der Waals surface area contributed by atoms with Crippen LogP contribution in [-0.4, -0.2) is 48.9 Å². The van der Waals surface area contributed by atoms with E-state index in [1.165, 1.54) is 9.80 Å². The number of nitrogens with zero attached hydrogens (tertiary/aromatic N) is 2. The molecule has 0 atom stereocenters. The first-order chi connectivity index (χ1) is 13.9. The Morgan fingerprint density at radius 1 is 1.03 bits per heavy atom. The quantitative estimate of drug-likeness (QED) is 0.763. The summed E-state index contributed by atoms with van der Waals surface area (Å²) < 4.78 is 5.40. The van der Waals surface area contributed by atoms with E-state index in [0.29, 0.717) is 30.3 Å². The molecular weight excluding hydrogens is 370 g/mol. The van der Waals surface area contributed by atoms with E-state index in [1.807, 2.05) is 39.0 Å². The van der Waals surface area contributed by atoms with Gasteiger partial charge in [0.25, 0.3) is 0 Å². The van der Waals surface area contributed by atoms with Gasteiger partial charge in [-0.05, 0) is 62.2 Å². The molecule has 0 unspecified atom stereocenters. The topological polar surface area (TPSA) is 79.0 Å². The molecule has 1 heterocycles. The third-order valence-electron chi connectivity index (χ3n) is 4.77. The van der Waals surface area contributed by atoms with Gasteiger partial charge < -0.3 is 19.9 Å². The molecule has 0 aliphatic carbocycles. The van der Waals surface area contributed by atoms with E-state index >= 15 is 0 Å². The van der Waals surface area contributed by atoms with E-state index in [0.717, 1.165) is 11.1 Å². The van der Waals surface area contributed by atoms with Gasteiger partial charge in [-0.15, -0.1) is 0 Å². The minimum Gasteiger partial charge on any atom is -0.494 e. The van der Waals surface area contributed by atoms with Crippen molar-refractivity contribution in [3.8, 4) is 5.75 Å². The Morgan fingerprint density at radius 2 is 1.76 bits per heavy atom. The molecule has 7 nitrogen and oxygen atoms in total. The molecule has 1 fully saturated rings. The van der Waals surface area contributed by atoms with Crippen molar-refractivity contribution in [2.75, 3.05) is 36.5 Å². The molecule has 1 saturated heterocycles. The predicted octanol–water partition coefficient (Wildman–Crippen LogP) is 2.52. The molecule has 1 aliphatic heterocycles. The number of piperazine rings is 1. The minimum absolute atomic E-state index is 0.158. The molecule has 2 aromatic rings. The molecular formula is C22H25N3O4. The van der Waals surface area contributed by atoms with E-state index in [-0.39, 0.29) is 19.0 Å². The van der Waals surface area contributed by atoms with Crippen LogP contribution in [0.1, 0.15) is 18.1 Å². The minimum atomic E-state index is -0.679. The van der Waals surface area contributed by atoms with Gasteiger partial charge in [0, 0.05) is 24.5 Å². The second kappa shape index (κ2) is 8.77. The number of hydrogen-bond donors (Lipinski definition) is 1. The Bertz CT molecular complexity index is 924. The van der Waals surface area contributed by atoms with Crippen LogP contribution in [0.2, 0.25) is 0 Å². The normalized spacial score (nSPS) is 14.2. The molecule has 7 heteroatoms. The van der Waals surface area contributed by atoms with Crippen LogP contribution in [0.25, 0.3) is 0 Å². The Hall–Kier alpha value is -3.35. The molecule has 0 aromatic heterocycles. The maximum atomic E-state index is 12.6. The fourth-order valence-corrected chi connectivity index (χ4v) is 3.19. The van der Waals surface area contributed by atoms with Crippen molar-refractivity contribution in [1.29, 1.82) is 0 Å². The molecule has 1 aliphatic rings. The largest absolute Gasteiger partial charge is 0.494 e. The SMILES string of the molecule is CCOc1ccc(N2CCN(CC(=O)Nc3cc(C)ccc3C)C(=O)C2=O)cc1. The van der Waals surface area contributed by atoms with E-state index < -0.39 is 11.8 Å². The smallest absolute Gasteiger partial charge is 0.316 e. The zero-order valence-electron chi connectivity index (χ0n) is 16.9. The maximum absolute atomic E-state index is 12.6. The summed E-state index contributed by atoms with van der Waals surface area (Å²) in [5, 5.41) is 2.82. The van der Waals surface area contributed by atoms with Gasteiger partial charge in [0.2, 0.25) is 5.91 Å². The number of ether oxygens (including phenoxy) is 1. The summed E-state index contributed by atoms with van der Waals surface area (Å²) in [6, 6.07) is 12.8. The molecule has 0 radical (unpaired) electrons. The highest BCUT2D eigenvalue weighted by Gasteiger charge is 2.34. The highest BCUT2D eigenvalue weighted by Crippen LogP contribution is 2.22. The van der Waals surface area contributed by atoms with Crippen molar-refractivity contribution in [3.63, 3.8) is 0 Å². The van der Waals surface area contributed by atoms with Gasteiger partial charge in [0.05, 0.1) is 6.61 Å². The summed E-state index contributed by atoms with van der Waals surface area (Å²) in [6.07, 6.45) is 0. The summed E-state index contributed by atoms with van der Waals surface area (Å²) in [5.74, 6) is -0.938. The van der Waals surface area contributed by atoms with Gasteiger partial charge in [-0.1, -0.05) is 12.1 Å². The molecule has 0 saturated carbocycles. The van der Waals surface area contributed by atoms with E-state index in [1.54, 1.807) is 24.3 Å². The summed E-state index contributed by atoms with van der Waals surface area (Å²) in [6.45, 7) is 6.75. The molecule has 2 aromatic carbocycles. The third-order valence-corrected chi connectivity index (χ3v) is 4.77. The number of anilines is 2. The van der Waals surface area contributed by atoms with Crippen LogP contribution in [0.3, 0.4) is 0 Å². The van der Waals surface area contributed by atoms with Crippen LogP contribution >= 0.6 is 0 Å². The van der Waals surface area contributed by atoms with E-state index in [2.05, 4.69) is 5.32 Å². The Morgan fingerprint density at radius 3 is 2.45 bits per heavy atom. The van der Waals surface area contributed by atoms with E-state index in [4.69, 9.17) is 4.74 Å². The number of benzene rings is 2. The number of amides is 3. The Balaban J connectivity index is 1.62. The summed E-state index contributed by atoms with van der Waals surface area (Å²) in [4.78, 5) is 40.2. The van der Waals surface area contributed by atoms with Crippen LogP contribution in [0.4, 0.5) is 11.4 Å². The lowest BCUT2D eigenvalue weighted by atomic mass is 10.1. The first kappa shape index (κ1) is 20.4. The van der Waals surface area contributed by atoms with Crippen LogP contribution in [0.5, 0.6) is 5.75 Å². The van der Waals surface area contributed by atoms with Gasteiger partial charge in [-0.3, -0.25) is 14.4 Å². The highest BCUT2D eigenvalue weighted by atomic mass is 16.5. The number of hydrogen-bond acceptors (Lipinski definition) is 4. The Kier molecular flexibility index (Phi) is 6.16. The van der Waals surface area contributed by atoms with Crippen molar-refractivity contribution in [2.24, 2.45) is 0 Å². The zero-order chi connectivity index (χ0) is 21.0. The van der Waals surface area contributed by atoms with Crippen LogP contribution in [-0.2, 0) is 14.4 Å². The fourth-order valence-electron chi connectivity index (χ4n) is 3.19. The predicted molar refractivity (Wildman–Crippen MR) is 111 cm³/mol. The third kappa shape index (κ3) is 4.74. The van der Waals surface area contributed by atoms with Gasteiger partial charge in [0.1, 0.15) is 12.3 Å². The summed E-state index contributed by atoms with van der Waals surface area (Å²) >= 11 is 0. The monoisotopic (exact) mass is 395 g/mol. The number of carbonyl (C=O) groups excluding carboxylic acids is 3. The molecule has 152 valence electrons. The van der Waals surface area contributed by atoms with Crippen LogP contribution < -0.4 is 15.0 Å². The summed E-state index contributed by atoms with van der Waals surface area (Å²) in [5.41, 5.74) is 3.31. The van der Waals surface area contributed by atoms with Crippen LogP contribution in [0.15, 0.2) is 42.5 Å². The van der Waals surface area contributed by atoms with E-state index in [9.17, 15) is 14.4 Å². The van der Waals surface area contributed by atoms with Crippen LogP contribution in [0, 0.1) is 13.8 Å². The average molecular weight is 395 g/mol. The molecule has 29 heavy (non-hydrogen) atoms. The van der Waals surface area contributed by atoms with Gasteiger partial charge >= 0.3 is 11.8 Å². The first-order valence-electron chi connectivity index (χ1n) is 9.59. The molecule has 0 spiro atoms. The van der Waals surface area contributed by atoms with Gasteiger partial charge in [-0.2, -0.15) is 0 Å². The van der Waals surface area contributed by atoms with Crippen molar-refractivity contribution < 1.29 is 19.1 Å². The average Bonchev–Trinajstić information content (AvgIpc) is 2.69. The zero-order valence-corrected chi connectivity index (χ0v) is 16.9. The highest BCUT2D eigenvalue weighted by molar-refractivity contribution is 6.41. The lowest BCUT2D eigenvalue weighted by Crippen LogP contribution is -2.56.